The van der Waals surface area contributed by atoms with E-state index in [9.17, 15) is 0 Å². The van der Waals surface area contributed by atoms with Crippen LogP contribution in [0, 0.1) is 0 Å². The largest absolute Gasteiger partial charge is 0.494 e. The SMILES string of the molecule is CCCOc1ccc(NC2=CC(N)=N[N+]3([C@@H]4CCC[C@@H](N)C4)C=CN=C23)cc1. The Bertz CT molecular complexity index is 841. The zero-order valence-corrected chi connectivity index (χ0v) is 16.3. The van der Waals surface area contributed by atoms with Gasteiger partial charge in [-0.25, -0.2) is 0 Å². The number of nitrogens with one attached hydrogen (secondary N) is 1. The highest BCUT2D eigenvalue weighted by atomic mass is 16.5. The Morgan fingerprint density at radius 1 is 1.25 bits per heavy atom. The normalized spacial score (nSPS) is 28.9. The molecule has 7 nitrogen and oxygen atoms in total. The van der Waals surface area contributed by atoms with Crippen molar-refractivity contribution >= 4 is 17.4 Å². The Hall–Kier alpha value is -2.64. The number of quaternary nitrogens is 1. The van der Waals surface area contributed by atoms with Gasteiger partial charge in [-0.1, -0.05) is 12.0 Å². The molecule has 1 saturated carbocycles. The number of fused-ring (bicyclic) bond motifs is 1. The molecule has 3 aliphatic rings. The van der Waals surface area contributed by atoms with Crippen LogP contribution in [-0.2, 0) is 0 Å². The molecule has 7 heteroatoms. The molecule has 0 saturated heterocycles. The number of hydrogen-bond acceptors (Lipinski definition) is 6. The molecule has 0 radical (unpaired) electrons. The van der Waals surface area contributed by atoms with Gasteiger partial charge in [-0.15, -0.1) is 4.59 Å². The number of rotatable bonds is 6. The number of aliphatic imine (C=N–C) groups is 1. The van der Waals surface area contributed by atoms with E-state index in [1.165, 1.54) is 0 Å². The van der Waals surface area contributed by atoms with E-state index in [4.69, 9.17) is 21.3 Å². The summed E-state index contributed by atoms with van der Waals surface area (Å²) in [5.41, 5.74) is 14.3. The highest BCUT2D eigenvalue weighted by Gasteiger charge is 2.49. The van der Waals surface area contributed by atoms with E-state index in [0.29, 0.717) is 10.4 Å². The van der Waals surface area contributed by atoms with Gasteiger partial charge < -0.3 is 21.5 Å². The minimum atomic E-state index is 0.205. The first-order valence-electron chi connectivity index (χ1n) is 10.1. The van der Waals surface area contributed by atoms with Crippen molar-refractivity contribution in [3.8, 4) is 5.75 Å². The third-order valence-corrected chi connectivity index (χ3v) is 5.49. The topological polar surface area (TPSA) is 98.0 Å². The molecule has 148 valence electrons. The van der Waals surface area contributed by atoms with Crippen LogP contribution >= 0.6 is 0 Å². The van der Waals surface area contributed by atoms with Crippen LogP contribution in [-0.4, -0.2) is 35.0 Å². The minimum absolute atomic E-state index is 0.205. The van der Waals surface area contributed by atoms with Crippen LogP contribution < -0.4 is 21.5 Å². The van der Waals surface area contributed by atoms with Crippen molar-refractivity contribution in [3.63, 3.8) is 0 Å². The molecule has 1 aromatic carbocycles. The molecule has 2 aliphatic heterocycles. The average Bonchev–Trinajstić information content (AvgIpc) is 3.13. The van der Waals surface area contributed by atoms with Gasteiger partial charge in [-0.3, -0.25) is 0 Å². The number of benzene rings is 1. The molecule has 1 unspecified atom stereocenters. The summed E-state index contributed by atoms with van der Waals surface area (Å²) in [6.45, 7) is 2.81. The summed E-state index contributed by atoms with van der Waals surface area (Å²) >= 11 is 0. The molecular weight excluding hydrogens is 352 g/mol. The van der Waals surface area contributed by atoms with Crippen LogP contribution in [0.2, 0.25) is 0 Å². The van der Waals surface area contributed by atoms with Gasteiger partial charge in [0.05, 0.1) is 12.8 Å². The van der Waals surface area contributed by atoms with E-state index in [-0.39, 0.29) is 12.1 Å². The number of nitrogens with zero attached hydrogens (tertiary/aromatic N) is 3. The summed E-state index contributed by atoms with van der Waals surface area (Å²) in [4.78, 5) is 4.65. The van der Waals surface area contributed by atoms with Crippen LogP contribution in [0.4, 0.5) is 5.69 Å². The monoisotopic (exact) mass is 381 g/mol. The maximum atomic E-state index is 6.26. The predicted molar refractivity (Wildman–Crippen MR) is 113 cm³/mol. The lowest BCUT2D eigenvalue weighted by molar-refractivity contribution is -0.823. The quantitative estimate of drug-likeness (QED) is 0.660. The van der Waals surface area contributed by atoms with Gasteiger partial charge in [0.15, 0.2) is 5.84 Å². The highest BCUT2D eigenvalue weighted by molar-refractivity contribution is 6.07. The zero-order valence-electron chi connectivity index (χ0n) is 16.3. The molecule has 0 amide bonds. The molecule has 5 N–H and O–H groups in total. The average molecular weight is 382 g/mol. The van der Waals surface area contributed by atoms with Gasteiger partial charge in [0.1, 0.15) is 23.7 Å². The first-order chi connectivity index (χ1) is 13.6. The summed E-state index contributed by atoms with van der Waals surface area (Å²) in [7, 11) is 0. The van der Waals surface area contributed by atoms with E-state index < -0.39 is 0 Å². The van der Waals surface area contributed by atoms with Crippen molar-refractivity contribution < 1.29 is 9.33 Å². The first-order valence-corrected chi connectivity index (χ1v) is 10.1. The maximum Gasteiger partial charge on any atom is 0.283 e. The van der Waals surface area contributed by atoms with E-state index in [1.54, 1.807) is 0 Å². The molecule has 0 spiro atoms. The molecule has 0 aromatic heterocycles. The Morgan fingerprint density at radius 2 is 2.07 bits per heavy atom. The van der Waals surface area contributed by atoms with Crippen molar-refractivity contribution in [2.45, 2.75) is 51.1 Å². The molecular formula is C21H29N6O+. The summed E-state index contributed by atoms with van der Waals surface area (Å²) in [6, 6.07) is 8.40. The Kier molecular flexibility index (Phi) is 5.19. The van der Waals surface area contributed by atoms with Gasteiger partial charge >= 0.3 is 0 Å². The summed E-state index contributed by atoms with van der Waals surface area (Å²) < 4.78 is 5.98. The standard InChI is InChI=1S/C21H29N6O/c1-2-12-28-18-8-6-16(7-9-18)25-19-14-20(23)26-27(11-10-24-21(19)27)17-5-3-4-15(22)13-17/h6-11,14-15,17,25H,2-5,12-13,22H2,1H3,(H2,23,26)/q+1/t15-,17-,27?/m1/s1. The Labute approximate surface area is 166 Å². The van der Waals surface area contributed by atoms with Gasteiger partial charge in [-0.2, -0.15) is 4.99 Å². The van der Waals surface area contributed by atoms with Gasteiger partial charge in [0.2, 0.25) is 0 Å². The molecule has 28 heavy (non-hydrogen) atoms. The number of hydrogen-bond donors (Lipinski definition) is 3. The van der Waals surface area contributed by atoms with Crippen LogP contribution in [0.15, 0.2) is 58.5 Å². The van der Waals surface area contributed by atoms with E-state index in [2.05, 4.69) is 17.2 Å². The van der Waals surface area contributed by atoms with E-state index in [1.807, 2.05) is 42.7 Å². The third-order valence-electron chi connectivity index (χ3n) is 5.49. The summed E-state index contributed by atoms with van der Waals surface area (Å²) in [5.74, 6) is 2.24. The molecule has 3 atom stereocenters. The van der Waals surface area contributed by atoms with Crippen molar-refractivity contribution in [1.82, 2.24) is 0 Å². The second-order valence-electron chi connectivity index (χ2n) is 7.65. The molecule has 4 rings (SSSR count). The first kappa shape index (κ1) is 18.7. The van der Waals surface area contributed by atoms with E-state index >= 15 is 0 Å². The van der Waals surface area contributed by atoms with Crippen molar-refractivity contribution in [2.75, 3.05) is 11.9 Å². The van der Waals surface area contributed by atoms with E-state index in [0.717, 1.165) is 61.7 Å². The Morgan fingerprint density at radius 3 is 2.82 bits per heavy atom. The van der Waals surface area contributed by atoms with Crippen molar-refractivity contribution in [2.24, 2.45) is 21.6 Å². The smallest absolute Gasteiger partial charge is 0.283 e. The predicted octanol–water partition coefficient (Wildman–Crippen LogP) is 3.03. The number of amidine groups is 2. The highest BCUT2D eigenvalue weighted by Crippen LogP contribution is 2.36. The van der Waals surface area contributed by atoms with Gasteiger partial charge in [-0.05, 0) is 43.5 Å². The van der Waals surface area contributed by atoms with Crippen LogP contribution in [0.1, 0.15) is 39.0 Å². The van der Waals surface area contributed by atoms with Crippen LogP contribution in [0.3, 0.4) is 0 Å². The number of nitrogens with two attached hydrogens (primary N) is 2. The molecule has 2 heterocycles. The van der Waals surface area contributed by atoms with Gasteiger partial charge in [0.25, 0.3) is 5.84 Å². The lowest BCUT2D eigenvalue weighted by Gasteiger charge is -2.39. The fraction of sp³-hybridized carbons (Fsp3) is 0.429. The zero-order chi connectivity index (χ0) is 19.6. The van der Waals surface area contributed by atoms with Crippen molar-refractivity contribution in [3.05, 3.63) is 48.4 Å². The lowest BCUT2D eigenvalue weighted by Crippen LogP contribution is -2.56. The van der Waals surface area contributed by atoms with Crippen LogP contribution in [0.5, 0.6) is 5.75 Å². The van der Waals surface area contributed by atoms with Crippen molar-refractivity contribution in [1.29, 1.82) is 0 Å². The fourth-order valence-electron chi connectivity index (χ4n) is 4.18. The fourth-order valence-corrected chi connectivity index (χ4v) is 4.18. The van der Waals surface area contributed by atoms with Crippen LogP contribution in [0.25, 0.3) is 0 Å². The molecule has 1 fully saturated rings. The third kappa shape index (κ3) is 3.55. The molecule has 1 aliphatic carbocycles. The summed E-state index contributed by atoms with van der Waals surface area (Å²) in [5, 5.41) is 8.26. The maximum absolute atomic E-state index is 6.26. The second kappa shape index (κ2) is 7.77. The number of anilines is 1. The molecule has 1 aromatic rings. The minimum Gasteiger partial charge on any atom is -0.494 e. The second-order valence-corrected chi connectivity index (χ2v) is 7.65. The lowest BCUT2D eigenvalue weighted by atomic mass is 9.89. The summed E-state index contributed by atoms with van der Waals surface area (Å²) in [6.07, 6.45) is 10.8. The van der Waals surface area contributed by atoms with Gasteiger partial charge in [0, 0.05) is 30.6 Å². The Balaban J connectivity index is 1.56. The molecule has 0 bridgehead atoms. The number of ether oxygens (including phenoxy) is 1.